The van der Waals surface area contributed by atoms with Crippen LogP contribution < -0.4 is 16.0 Å². The Hall–Kier alpha value is -3.29. The van der Waals surface area contributed by atoms with E-state index in [9.17, 15) is 23.2 Å². The van der Waals surface area contributed by atoms with Crippen molar-refractivity contribution in [2.24, 2.45) is 5.41 Å². The van der Waals surface area contributed by atoms with Crippen LogP contribution in [0.2, 0.25) is 0 Å². The third-order valence-electron chi connectivity index (χ3n) is 4.24. The van der Waals surface area contributed by atoms with E-state index in [2.05, 4.69) is 16.0 Å². The molecule has 0 unspecified atom stereocenters. The highest BCUT2D eigenvalue weighted by Crippen LogP contribution is 2.47. The van der Waals surface area contributed by atoms with Crippen LogP contribution in [0.15, 0.2) is 42.5 Å². The number of benzene rings is 2. The molecule has 1 aliphatic rings. The van der Waals surface area contributed by atoms with Crippen LogP contribution in [0, 0.1) is 17.0 Å². The van der Waals surface area contributed by atoms with E-state index in [1.807, 2.05) is 0 Å². The van der Waals surface area contributed by atoms with E-state index in [4.69, 9.17) is 0 Å². The molecule has 0 heterocycles. The van der Waals surface area contributed by atoms with E-state index < -0.39 is 28.9 Å². The van der Waals surface area contributed by atoms with Gasteiger partial charge in [0.1, 0.15) is 5.41 Å². The summed E-state index contributed by atoms with van der Waals surface area (Å²) in [5, 5.41) is 7.72. The standard InChI is InChI=1S/C19H17F2N3O3/c1-11(25)22-12-3-2-4-13(9-12)23-17(26)19(7-8-19)18(27)24-14-5-6-15(20)16(21)10-14/h2-6,9-10H,7-8H2,1H3,(H,22,25)(H,23,26)(H,24,27). The van der Waals surface area contributed by atoms with Gasteiger partial charge in [0.05, 0.1) is 0 Å². The maximum Gasteiger partial charge on any atom is 0.240 e. The molecule has 1 saturated carbocycles. The van der Waals surface area contributed by atoms with Gasteiger partial charge in [-0.15, -0.1) is 0 Å². The molecule has 0 atom stereocenters. The molecule has 140 valence electrons. The van der Waals surface area contributed by atoms with Crippen molar-refractivity contribution in [3.63, 3.8) is 0 Å². The van der Waals surface area contributed by atoms with Gasteiger partial charge in [0, 0.05) is 30.1 Å². The average Bonchev–Trinajstić information content (AvgIpc) is 3.40. The summed E-state index contributed by atoms with van der Waals surface area (Å²) in [7, 11) is 0. The molecule has 2 aromatic carbocycles. The van der Waals surface area contributed by atoms with Crippen molar-refractivity contribution in [3.8, 4) is 0 Å². The fourth-order valence-electron chi connectivity index (χ4n) is 2.64. The zero-order valence-corrected chi connectivity index (χ0v) is 14.4. The lowest BCUT2D eigenvalue weighted by Gasteiger charge is -2.16. The van der Waals surface area contributed by atoms with Crippen LogP contribution in [-0.2, 0) is 14.4 Å². The molecule has 2 aromatic rings. The highest BCUT2D eigenvalue weighted by molar-refractivity contribution is 6.17. The van der Waals surface area contributed by atoms with Crippen LogP contribution in [0.5, 0.6) is 0 Å². The zero-order valence-electron chi connectivity index (χ0n) is 14.4. The molecule has 3 rings (SSSR count). The number of halogens is 2. The van der Waals surface area contributed by atoms with E-state index >= 15 is 0 Å². The predicted molar refractivity (Wildman–Crippen MR) is 96.0 cm³/mol. The highest BCUT2D eigenvalue weighted by Gasteiger charge is 2.56. The number of hydrogen-bond acceptors (Lipinski definition) is 3. The molecule has 27 heavy (non-hydrogen) atoms. The zero-order chi connectivity index (χ0) is 19.6. The minimum atomic E-state index is -1.26. The molecule has 0 aromatic heterocycles. The predicted octanol–water partition coefficient (Wildman–Crippen LogP) is 3.28. The van der Waals surface area contributed by atoms with Gasteiger partial charge in [-0.2, -0.15) is 0 Å². The smallest absolute Gasteiger partial charge is 0.240 e. The van der Waals surface area contributed by atoms with Crippen LogP contribution >= 0.6 is 0 Å². The van der Waals surface area contributed by atoms with Crippen molar-refractivity contribution >= 4 is 34.8 Å². The summed E-state index contributed by atoms with van der Waals surface area (Å²) in [5.41, 5.74) is -0.241. The van der Waals surface area contributed by atoms with E-state index in [1.54, 1.807) is 24.3 Å². The quantitative estimate of drug-likeness (QED) is 0.703. The molecule has 3 amide bonds. The van der Waals surface area contributed by atoms with Crippen molar-refractivity contribution in [2.75, 3.05) is 16.0 Å². The van der Waals surface area contributed by atoms with E-state index in [0.29, 0.717) is 24.2 Å². The van der Waals surface area contributed by atoms with Crippen molar-refractivity contribution in [1.82, 2.24) is 0 Å². The second-order valence-electron chi connectivity index (χ2n) is 6.38. The average molecular weight is 373 g/mol. The first-order valence-electron chi connectivity index (χ1n) is 8.26. The molecule has 0 spiro atoms. The SMILES string of the molecule is CC(=O)Nc1cccc(NC(=O)C2(C(=O)Nc3ccc(F)c(F)c3)CC2)c1. The summed E-state index contributed by atoms with van der Waals surface area (Å²) in [6, 6.07) is 9.51. The maximum absolute atomic E-state index is 13.3. The van der Waals surface area contributed by atoms with Crippen molar-refractivity contribution in [1.29, 1.82) is 0 Å². The van der Waals surface area contributed by atoms with Gasteiger partial charge < -0.3 is 16.0 Å². The fraction of sp³-hybridized carbons (Fsp3) is 0.211. The number of rotatable bonds is 5. The Balaban J connectivity index is 1.69. The summed E-state index contributed by atoms with van der Waals surface area (Å²) < 4.78 is 26.3. The molecule has 8 heteroatoms. The van der Waals surface area contributed by atoms with E-state index in [0.717, 1.165) is 12.1 Å². The molecule has 6 nitrogen and oxygen atoms in total. The van der Waals surface area contributed by atoms with Crippen LogP contribution in [0.1, 0.15) is 19.8 Å². The lowest BCUT2D eigenvalue weighted by Crippen LogP contribution is -2.35. The molecule has 1 fully saturated rings. The molecule has 0 bridgehead atoms. The third kappa shape index (κ3) is 4.11. The van der Waals surface area contributed by atoms with E-state index in [1.165, 1.54) is 13.0 Å². The Bertz CT molecular complexity index is 926. The second-order valence-corrected chi connectivity index (χ2v) is 6.38. The summed E-state index contributed by atoms with van der Waals surface area (Å²) in [5.74, 6) is -3.43. The molecule has 1 aliphatic carbocycles. The minimum absolute atomic E-state index is 0.0747. The lowest BCUT2D eigenvalue weighted by molar-refractivity contribution is -0.131. The van der Waals surface area contributed by atoms with Crippen molar-refractivity contribution < 1.29 is 23.2 Å². The molecule has 0 radical (unpaired) electrons. The van der Waals surface area contributed by atoms with Crippen LogP contribution in [-0.4, -0.2) is 17.7 Å². The minimum Gasteiger partial charge on any atom is -0.326 e. The van der Waals surface area contributed by atoms with Gasteiger partial charge in [-0.25, -0.2) is 8.78 Å². The Morgan fingerprint density at radius 2 is 1.37 bits per heavy atom. The first kappa shape index (κ1) is 18.5. The van der Waals surface area contributed by atoms with Crippen molar-refractivity contribution in [3.05, 3.63) is 54.1 Å². The van der Waals surface area contributed by atoms with Gasteiger partial charge in [-0.3, -0.25) is 14.4 Å². The van der Waals surface area contributed by atoms with Gasteiger partial charge >= 0.3 is 0 Å². The van der Waals surface area contributed by atoms with Gasteiger partial charge in [-0.1, -0.05) is 6.07 Å². The molecular formula is C19H17F2N3O3. The number of carbonyl (C=O) groups is 3. The summed E-state index contributed by atoms with van der Waals surface area (Å²) >= 11 is 0. The maximum atomic E-state index is 13.3. The van der Waals surface area contributed by atoms with Crippen molar-refractivity contribution in [2.45, 2.75) is 19.8 Å². The number of hydrogen-bond donors (Lipinski definition) is 3. The third-order valence-corrected chi connectivity index (χ3v) is 4.24. The fourth-order valence-corrected chi connectivity index (χ4v) is 2.64. The first-order valence-corrected chi connectivity index (χ1v) is 8.26. The number of amides is 3. The molecule has 0 saturated heterocycles. The van der Waals surface area contributed by atoms with Gasteiger partial charge in [-0.05, 0) is 43.2 Å². The lowest BCUT2D eigenvalue weighted by atomic mass is 10.0. The topological polar surface area (TPSA) is 87.3 Å². The Kier molecular flexibility index (Phi) is 4.89. The van der Waals surface area contributed by atoms with Gasteiger partial charge in [0.15, 0.2) is 11.6 Å². The molecule has 3 N–H and O–H groups in total. The summed E-state index contributed by atoms with van der Waals surface area (Å²) in [4.78, 5) is 36.2. The number of carbonyl (C=O) groups excluding carboxylic acids is 3. The first-order chi connectivity index (χ1) is 12.8. The molecule has 0 aliphatic heterocycles. The Labute approximate surface area is 154 Å². The normalized spacial score (nSPS) is 14.2. The largest absolute Gasteiger partial charge is 0.326 e. The number of nitrogens with one attached hydrogen (secondary N) is 3. The summed E-state index contributed by atoms with van der Waals surface area (Å²) in [6.07, 6.45) is 0.694. The Morgan fingerprint density at radius 3 is 1.89 bits per heavy atom. The monoisotopic (exact) mass is 373 g/mol. The van der Waals surface area contributed by atoms with E-state index in [-0.39, 0.29) is 11.6 Å². The Morgan fingerprint density at radius 1 is 0.815 bits per heavy atom. The van der Waals surface area contributed by atoms with Gasteiger partial charge in [0.2, 0.25) is 17.7 Å². The second kappa shape index (κ2) is 7.14. The number of anilines is 3. The van der Waals surface area contributed by atoms with Gasteiger partial charge in [0.25, 0.3) is 0 Å². The van der Waals surface area contributed by atoms with Crippen LogP contribution in [0.25, 0.3) is 0 Å². The summed E-state index contributed by atoms with van der Waals surface area (Å²) in [6.45, 7) is 1.37. The molecular weight excluding hydrogens is 356 g/mol. The van der Waals surface area contributed by atoms with Crippen LogP contribution in [0.3, 0.4) is 0 Å². The van der Waals surface area contributed by atoms with Crippen LogP contribution in [0.4, 0.5) is 25.8 Å². The highest BCUT2D eigenvalue weighted by atomic mass is 19.2.